The van der Waals surface area contributed by atoms with Gasteiger partial charge in [0.05, 0.1) is 12.0 Å². The van der Waals surface area contributed by atoms with E-state index in [0.717, 1.165) is 5.92 Å². The van der Waals surface area contributed by atoms with Crippen LogP contribution in [0.4, 0.5) is 0 Å². The van der Waals surface area contributed by atoms with Crippen LogP contribution >= 0.6 is 0 Å². The Hall–Kier alpha value is -0.790. The summed E-state index contributed by atoms with van der Waals surface area (Å²) in [5, 5.41) is 0. The molecular weight excluding hydrogens is 172 g/mol. The molecule has 1 aromatic rings. The first kappa shape index (κ1) is 9.75. The van der Waals surface area contributed by atoms with Crippen molar-refractivity contribution in [3.63, 3.8) is 0 Å². The van der Waals surface area contributed by atoms with Gasteiger partial charge < -0.3 is 4.57 Å². The maximum absolute atomic E-state index is 4.52. The Balaban J connectivity index is 2.07. The van der Waals surface area contributed by atoms with Gasteiger partial charge in [-0.25, -0.2) is 4.98 Å². The molecule has 2 nitrogen and oxygen atoms in total. The van der Waals surface area contributed by atoms with Gasteiger partial charge in [0.25, 0.3) is 0 Å². The van der Waals surface area contributed by atoms with Gasteiger partial charge in [0, 0.05) is 18.2 Å². The van der Waals surface area contributed by atoms with Gasteiger partial charge in [0.15, 0.2) is 0 Å². The zero-order chi connectivity index (χ0) is 9.97. The lowest BCUT2D eigenvalue weighted by molar-refractivity contribution is 0.437. The second kappa shape index (κ2) is 4.16. The highest BCUT2D eigenvalue weighted by molar-refractivity contribution is 5.06. The number of imidazole rings is 1. The molecule has 0 atom stereocenters. The second-order valence-electron chi connectivity index (χ2n) is 4.67. The van der Waals surface area contributed by atoms with Crippen LogP contribution < -0.4 is 0 Å². The summed E-state index contributed by atoms with van der Waals surface area (Å²) in [6.07, 6.45) is 11.1. The molecular formula is C12H20N2. The van der Waals surface area contributed by atoms with Crippen LogP contribution in [0.3, 0.4) is 0 Å². The summed E-state index contributed by atoms with van der Waals surface area (Å²) in [7, 11) is 0. The van der Waals surface area contributed by atoms with Gasteiger partial charge in [0.2, 0.25) is 0 Å². The van der Waals surface area contributed by atoms with Gasteiger partial charge in [0.1, 0.15) is 0 Å². The van der Waals surface area contributed by atoms with Crippen molar-refractivity contribution in [1.82, 2.24) is 9.55 Å². The van der Waals surface area contributed by atoms with E-state index < -0.39 is 0 Å². The van der Waals surface area contributed by atoms with Gasteiger partial charge in [-0.3, -0.25) is 0 Å². The van der Waals surface area contributed by atoms with Crippen LogP contribution in [0.1, 0.15) is 63.6 Å². The Morgan fingerprint density at radius 2 is 2.00 bits per heavy atom. The van der Waals surface area contributed by atoms with Gasteiger partial charge in [-0.1, -0.05) is 19.3 Å². The molecule has 1 aliphatic rings. The fraction of sp³-hybridized carbons (Fsp3) is 0.750. The summed E-state index contributed by atoms with van der Waals surface area (Å²) in [6.45, 7) is 4.40. The molecule has 1 heterocycles. The fourth-order valence-corrected chi connectivity index (χ4v) is 2.24. The van der Waals surface area contributed by atoms with E-state index in [-0.39, 0.29) is 0 Å². The van der Waals surface area contributed by atoms with Gasteiger partial charge in [-0.2, -0.15) is 0 Å². The normalized spacial score (nSPS) is 19.1. The molecule has 0 radical (unpaired) electrons. The molecule has 0 bridgehead atoms. The first-order valence-corrected chi connectivity index (χ1v) is 5.80. The molecule has 0 aromatic carbocycles. The maximum atomic E-state index is 4.52. The minimum atomic E-state index is 0.542. The Labute approximate surface area is 86.3 Å². The van der Waals surface area contributed by atoms with Crippen molar-refractivity contribution in [3.05, 3.63) is 18.2 Å². The minimum Gasteiger partial charge on any atom is -0.335 e. The highest BCUT2D eigenvalue weighted by Crippen LogP contribution is 2.31. The van der Waals surface area contributed by atoms with Crippen LogP contribution in [-0.4, -0.2) is 9.55 Å². The van der Waals surface area contributed by atoms with Crippen molar-refractivity contribution in [3.8, 4) is 0 Å². The Kier molecular flexibility index (Phi) is 2.90. The standard InChI is InChI=1S/C12H20N2/c1-10(2)14-8-12(13-9-14)11-6-4-3-5-7-11/h8-11H,3-7H2,1-2H3. The molecule has 0 spiro atoms. The average Bonchev–Trinajstić information content (AvgIpc) is 2.68. The van der Waals surface area contributed by atoms with Gasteiger partial charge in [-0.05, 0) is 26.7 Å². The van der Waals surface area contributed by atoms with Crippen molar-refractivity contribution in [2.24, 2.45) is 0 Å². The lowest BCUT2D eigenvalue weighted by atomic mass is 9.87. The fourth-order valence-electron chi connectivity index (χ4n) is 2.24. The highest BCUT2D eigenvalue weighted by atomic mass is 15.1. The molecule has 2 rings (SSSR count). The molecule has 78 valence electrons. The van der Waals surface area contributed by atoms with E-state index in [1.165, 1.54) is 37.8 Å². The van der Waals surface area contributed by atoms with E-state index in [1.807, 2.05) is 6.33 Å². The van der Waals surface area contributed by atoms with E-state index in [4.69, 9.17) is 0 Å². The lowest BCUT2D eigenvalue weighted by Gasteiger charge is -2.19. The first-order chi connectivity index (χ1) is 6.77. The zero-order valence-corrected chi connectivity index (χ0v) is 9.24. The topological polar surface area (TPSA) is 17.8 Å². The molecule has 1 aliphatic carbocycles. The van der Waals surface area contributed by atoms with Crippen molar-refractivity contribution < 1.29 is 0 Å². The van der Waals surface area contributed by atoms with Crippen molar-refractivity contribution in [1.29, 1.82) is 0 Å². The Bertz CT molecular complexity index is 282. The molecule has 1 saturated carbocycles. The average molecular weight is 192 g/mol. The number of nitrogens with zero attached hydrogens (tertiary/aromatic N) is 2. The van der Waals surface area contributed by atoms with Crippen LogP contribution in [0.25, 0.3) is 0 Å². The molecule has 14 heavy (non-hydrogen) atoms. The Morgan fingerprint density at radius 1 is 1.29 bits per heavy atom. The van der Waals surface area contributed by atoms with Crippen LogP contribution in [0.2, 0.25) is 0 Å². The zero-order valence-electron chi connectivity index (χ0n) is 9.24. The smallest absolute Gasteiger partial charge is 0.0951 e. The third-order valence-corrected chi connectivity index (χ3v) is 3.24. The predicted octanol–water partition coefficient (Wildman–Crippen LogP) is 3.51. The van der Waals surface area contributed by atoms with Crippen LogP contribution in [0.15, 0.2) is 12.5 Å². The van der Waals surface area contributed by atoms with Crippen molar-refractivity contribution >= 4 is 0 Å². The van der Waals surface area contributed by atoms with Gasteiger partial charge in [-0.15, -0.1) is 0 Å². The predicted molar refractivity (Wildman–Crippen MR) is 58.4 cm³/mol. The summed E-state index contributed by atoms with van der Waals surface area (Å²) in [6, 6.07) is 0.542. The summed E-state index contributed by atoms with van der Waals surface area (Å²) in [5.41, 5.74) is 1.32. The summed E-state index contributed by atoms with van der Waals surface area (Å²) < 4.78 is 2.21. The molecule has 0 saturated heterocycles. The van der Waals surface area contributed by atoms with Crippen LogP contribution in [-0.2, 0) is 0 Å². The Morgan fingerprint density at radius 3 is 2.57 bits per heavy atom. The minimum absolute atomic E-state index is 0.542. The van der Waals surface area contributed by atoms with E-state index in [0.29, 0.717) is 6.04 Å². The SMILES string of the molecule is CC(C)n1cnc(C2CCCCC2)c1. The summed E-state index contributed by atoms with van der Waals surface area (Å²) in [5.74, 6) is 0.740. The molecule has 1 aromatic heterocycles. The van der Waals surface area contributed by atoms with Crippen LogP contribution in [0.5, 0.6) is 0 Å². The molecule has 0 N–H and O–H groups in total. The van der Waals surface area contributed by atoms with E-state index in [2.05, 4.69) is 29.6 Å². The molecule has 2 heteroatoms. The molecule has 0 amide bonds. The largest absolute Gasteiger partial charge is 0.335 e. The number of aromatic nitrogens is 2. The highest BCUT2D eigenvalue weighted by Gasteiger charge is 2.17. The quantitative estimate of drug-likeness (QED) is 0.701. The summed E-state index contributed by atoms with van der Waals surface area (Å²) in [4.78, 5) is 4.52. The lowest BCUT2D eigenvalue weighted by Crippen LogP contribution is -2.04. The summed E-state index contributed by atoms with van der Waals surface area (Å²) >= 11 is 0. The monoisotopic (exact) mass is 192 g/mol. The third kappa shape index (κ3) is 1.99. The number of rotatable bonds is 2. The molecule has 0 unspecified atom stereocenters. The van der Waals surface area contributed by atoms with Crippen molar-refractivity contribution in [2.75, 3.05) is 0 Å². The molecule has 0 aliphatic heterocycles. The van der Waals surface area contributed by atoms with E-state index in [1.54, 1.807) is 0 Å². The molecule has 1 fully saturated rings. The van der Waals surface area contributed by atoms with E-state index in [9.17, 15) is 0 Å². The maximum Gasteiger partial charge on any atom is 0.0951 e. The second-order valence-corrected chi connectivity index (χ2v) is 4.67. The first-order valence-electron chi connectivity index (χ1n) is 5.80. The third-order valence-electron chi connectivity index (χ3n) is 3.24. The number of hydrogen-bond donors (Lipinski definition) is 0. The van der Waals surface area contributed by atoms with E-state index >= 15 is 0 Å². The van der Waals surface area contributed by atoms with Crippen molar-refractivity contribution in [2.45, 2.75) is 57.9 Å². The van der Waals surface area contributed by atoms with Crippen LogP contribution in [0, 0.1) is 0 Å². The number of hydrogen-bond acceptors (Lipinski definition) is 1. The van der Waals surface area contributed by atoms with Gasteiger partial charge >= 0.3 is 0 Å².